The fourth-order valence-electron chi connectivity index (χ4n) is 5.35. The zero-order chi connectivity index (χ0) is 20.1. The quantitative estimate of drug-likeness (QED) is 0.307. The van der Waals surface area contributed by atoms with Crippen LogP contribution in [0.25, 0.3) is 32.7 Å². The van der Waals surface area contributed by atoms with Crippen LogP contribution in [0.15, 0.2) is 72.8 Å². The number of pyridine rings is 2. The Kier molecular flexibility index (Phi) is 4.05. The molecule has 0 N–H and O–H groups in total. The summed E-state index contributed by atoms with van der Waals surface area (Å²) >= 11 is 0. The largest absolute Gasteiger partial charge is 0.252 e. The highest BCUT2D eigenvalue weighted by Gasteiger charge is 2.26. The molecule has 0 spiro atoms. The Balaban J connectivity index is 1.55. The summed E-state index contributed by atoms with van der Waals surface area (Å²) in [6, 6.07) is 25.8. The molecule has 0 bridgehead atoms. The number of benzene rings is 3. The average Bonchev–Trinajstić information content (AvgIpc) is 2.79. The van der Waals surface area contributed by atoms with E-state index in [-0.39, 0.29) is 0 Å². The fourth-order valence-corrected chi connectivity index (χ4v) is 5.35. The summed E-state index contributed by atoms with van der Waals surface area (Å²) in [7, 11) is 0. The third kappa shape index (κ3) is 2.71. The van der Waals surface area contributed by atoms with Crippen LogP contribution in [0.5, 0.6) is 0 Å². The number of hydrogen-bond donors (Lipinski definition) is 0. The van der Waals surface area contributed by atoms with Gasteiger partial charge in [0, 0.05) is 27.8 Å². The van der Waals surface area contributed by atoms with E-state index in [0.29, 0.717) is 5.92 Å². The van der Waals surface area contributed by atoms with Gasteiger partial charge in [-0.3, -0.25) is 4.98 Å². The topological polar surface area (TPSA) is 25.8 Å². The molecule has 30 heavy (non-hydrogen) atoms. The van der Waals surface area contributed by atoms with Gasteiger partial charge in [-0.25, -0.2) is 4.98 Å². The second-order valence-corrected chi connectivity index (χ2v) is 8.54. The van der Waals surface area contributed by atoms with Crippen molar-refractivity contribution in [3.63, 3.8) is 0 Å². The first-order valence-corrected chi connectivity index (χ1v) is 10.9. The van der Waals surface area contributed by atoms with Crippen molar-refractivity contribution >= 4 is 32.7 Å². The molecule has 1 unspecified atom stereocenters. The van der Waals surface area contributed by atoms with E-state index >= 15 is 0 Å². The van der Waals surface area contributed by atoms with Crippen LogP contribution in [0.1, 0.15) is 41.1 Å². The van der Waals surface area contributed by atoms with E-state index in [1.165, 1.54) is 51.4 Å². The summed E-state index contributed by atoms with van der Waals surface area (Å²) in [5, 5.41) is 3.86. The van der Waals surface area contributed by atoms with E-state index in [9.17, 15) is 0 Å². The minimum atomic E-state index is 0.450. The van der Waals surface area contributed by atoms with Crippen LogP contribution in [-0.4, -0.2) is 9.97 Å². The molecule has 2 heterocycles. The predicted molar refractivity (Wildman–Crippen MR) is 125 cm³/mol. The van der Waals surface area contributed by atoms with Crippen LogP contribution in [0.3, 0.4) is 0 Å². The molecule has 0 saturated heterocycles. The summed E-state index contributed by atoms with van der Waals surface area (Å²) in [6.07, 6.45) is 4.59. The molecule has 2 nitrogen and oxygen atoms in total. The summed E-state index contributed by atoms with van der Waals surface area (Å²) in [4.78, 5) is 10.1. The number of rotatable bonds is 2. The molecule has 6 rings (SSSR count). The molecular formula is C28H24N2. The maximum absolute atomic E-state index is 5.20. The highest BCUT2D eigenvalue weighted by Crippen LogP contribution is 2.39. The summed E-state index contributed by atoms with van der Waals surface area (Å²) in [5.74, 6) is 0.450. The standard InChI is InChI=1S/C28H24N2/c1-18-20-10-2-5-14-25(20)30-28-19(9-8-13-21(18)28)17-24-22-11-3-6-15-26(22)29-27-16-7-4-12-23(24)27/h2-7,10-12,14-16,19H,8-9,13,17H2,1H3. The number of hydrogen-bond acceptors (Lipinski definition) is 2. The molecule has 5 aromatic rings. The first-order valence-electron chi connectivity index (χ1n) is 10.9. The van der Waals surface area contributed by atoms with Gasteiger partial charge in [-0.15, -0.1) is 0 Å². The SMILES string of the molecule is Cc1c2c(nc3ccccc13)C(Cc1c3ccccc3nc3ccccc13)CCC2. The lowest BCUT2D eigenvalue weighted by molar-refractivity contribution is 0.538. The summed E-state index contributed by atoms with van der Waals surface area (Å²) < 4.78 is 0. The van der Waals surface area contributed by atoms with E-state index in [1.54, 1.807) is 0 Å². The van der Waals surface area contributed by atoms with Crippen molar-refractivity contribution in [2.75, 3.05) is 0 Å². The predicted octanol–water partition coefficient (Wildman–Crippen LogP) is 6.91. The van der Waals surface area contributed by atoms with Crippen LogP contribution in [0, 0.1) is 6.92 Å². The third-order valence-corrected chi connectivity index (χ3v) is 6.83. The average molecular weight is 389 g/mol. The van der Waals surface area contributed by atoms with Crippen LogP contribution >= 0.6 is 0 Å². The Morgan fingerprint density at radius 3 is 1.97 bits per heavy atom. The van der Waals surface area contributed by atoms with Gasteiger partial charge in [-0.05, 0) is 67.5 Å². The molecule has 0 radical (unpaired) electrons. The molecule has 146 valence electrons. The lowest BCUT2D eigenvalue weighted by Crippen LogP contribution is -2.16. The van der Waals surface area contributed by atoms with Gasteiger partial charge in [0.25, 0.3) is 0 Å². The Hall–Kier alpha value is -3.26. The Labute approximate surface area is 176 Å². The molecular weight excluding hydrogens is 364 g/mol. The number of nitrogens with zero attached hydrogens (tertiary/aromatic N) is 2. The lowest BCUT2D eigenvalue weighted by Gasteiger charge is -2.27. The van der Waals surface area contributed by atoms with Gasteiger partial charge < -0.3 is 0 Å². The molecule has 0 fully saturated rings. The van der Waals surface area contributed by atoms with Gasteiger partial charge >= 0.3 is 0 Å². The van der Waals surface area contributed by atoms with Crippen molar-refractivity contribution in [2.24, 2.45) is 0 Å². The number of aryl methyl sites for hydroxylation is 1. The first kappa shape index (κ1) is 17.6. The number of fused-ring (bicyclic) bond motifs is 4. The Bertz CT molecular complexity index is 1360. The van der Waals surface area contributed by atoms with Crippen molar-refractivity contribution in [3.05, 3.63) is 95.2 Å². The van der Waals surface area contributed by atoms with Crippen LogP contribution in [0.4, 0.5) is 0 Å². The van der Waals surface area contributed by atoms with E-state index in [2.05, 4.69) is 79.7 Å². The minimum Gasteiger partial charge on any atom is -0.252 e. The number of aromatic nitrogens is 2. The normalized spacial score (nSPS) is 16.2. The highest BCUT2D eigenvalue weighted by atomic mass is 14.7. The zero-order valence-electron chi connectivity index (χ0n) is 17.2. The Morgan fingerprint density at radius 1 is 0.733 bits per heavy atom. The molecule has 2 heteroatoms. The van der Waals surface area contributed by atoms with Crippen molar-refractivity contribution in [3.8, 4) is 0 Å². The zero-order valence-corrected chi connectivity index (χ0v) is 17.2. The van der Waals surface area contributed by atoms with Gasteiger partial charge in [0.15, 0.2) is 0 Å². The molecule has 2 aromatic heterocycles. The van der Waals surface area contributed by atoms with Crippen molar-refractivity contribution in [2.45, 2.75) is 38.5 Å². The molecule has 3 aromatic carbocycles. The van der Waals surface area contributed by atoms with Gasteiger partial charge in [0.1, 0.15) is 0 Å². The molecule has 1 aliphatic rings. The van der Waals surface area contributed by atoms with Crippen LogP contribution < -0.4 is 0 Å². The second kappa shape index (κ2) is 6.91. The van der Waals surface area contributed by atoms with E-state index < -0.39 is 0 Å². The number of para-hydroxylation sites is 3. The fraction of sp³-hybridized carbons (Fsp3) is 0.214. The van der Waals surface area contributed by atoms with Crippen LogP contribution in [0.2, 0.25) is 0 Å². The monoisotopic (exact) mass is 388 g/mol. The summed E-state index contributed by atoms with van der Waals surface area (Å²) in [5.41, 5.74) is 8.95. The Morgan fingerprint density at radius 2 is 1.30 bits per heavy atom. The lowest BCUT2D eigenvalue weighted by atomic mass is 9.79. The van der Waals surface area contributed by atoms with Gasteiger partial charge in [-0.1, -0.05) is 54.6 Å². The van der Waals surface area contributed by atoms with Gasteiger partial charge in [-0.2, -0.15) is 0 Å². The smallest absolute Gasteiger partial charge is 0.0712 e. The van der Waals surface area contributed by atoms with Gasteiger partial charge in [0.2, 0.25) is 0 Å². The third-order valence-electron chi connectivity index (χ3n) is 6.83. The minimum absolute atomic E-state index is 0.450. The molecule has 1 atom stereocenters. The van der Waals surface area contributed by atoms with Crippen LogP contribution in [-0.2, 0) is 12.8 Å². The van der Waals surface area contributed by atoms with E-state index in [1.807, 2.05) is 0 Å². The summed E-state index contributed by atoms with van der Waals surface area (Å²) in [6.45, 7) is 2.28. The highest BCUT2D eigenvalue weighted by molar-refractivity contribution is 5.97. The molecule has 0 aliphatic heterocycles. The van der Waals surface area contributed by atoms with E-state index in [0.717, 1.165) is 29.4 Å². The van der Waals surface area contributed by atoms with Gasteiger partial charge in [0.05, 0.1) is 16.6 Å². The van der Waals surface area contributed by atoms with E-state index in [4.69, 9.17) is 9.97 Å². The maximum atomic E-state index is 5.20. The molecule has 1 aliphatic carbocycles. The molecule has 0 saturated carbocycles. The van der Waals surface area contributed by atoms with Crippen molar-refractivity contribution in [1.29, 1.82) is 0 Å². The second-order valence-electron chi connectivity index (χ2n) is 8.54. The first-order chi connectivity index (χ1) is 14.8. The van der Waals surface area contributed by atoms with Crippen molar-refractivity contribution in [1.82, 2.24) is 9.97 Å². The maximum Gasteiger partial charge on any atom is 0.0712 e. The van der Waals surface area contributed by atoms with Crippen molar-refractivity contribution < 1.29 is 0 Å². The molecule has 0 amide bonds.